The number of benzene rings is 1. The Morgan fingerprint density at radius 2 is 1.81 bits per heavy atom. The van der Waals surface area contributed by atoms with Crippen LogP contribution in [0, 0.1) is 0 Å². The zero-order chi connectivity index (χ0) is 15.6. The summed E-state index contributed by atoms with van der Waals surface area (Å²) in [7, 11) is 0. The smallest absolute Gasteiger partial charge is 0.335 e. The van der Waals surface area contributed by atoms with E-state index in [1.54, 1.807) is 0 Å². The highest BCUT2D eigenvalue weighted by Gasteiger charge is 2.16. The summed E-state index contributed by atoms with van der Waals surface area (Å²) < 4.78 is 0. The second kappa shape index (κ2) is 5.67. The molecule has 8 nitrogen and oxygen atoms in total. The van der Waals surface area contributed by atoms with Crippen LogP contribution in [0.15, 0.2) is 40.6 Å². The van der Waals surface area contributed by atoms with Crippen LogP contribution in [0.3, 0.4) is 0 Å². The molecule has 0 radical (unpaired) electrons. The van der Waals surface area contributed by atoms with Crippen LogP contribution in [-0.2, 0) is 0 Å². The monoisotopic (exact) mass is 306 g/mol. The minimum atomic E-state index is -1.24. The Morgan fingerprint density at radius 1 is 1.24 bits per heavy atom. The van der Waals surface area contributed by atoms with Crippen LogP contribution in [0.25, 0.3) is 0 Å². The Hall–Kier alpha value is -2.81. The topological polar surface area (TPSA) is 137 Å². The molecule has 2 rings (SSSR count). The van der Waals surface area contributed by atoms with Crippen molar-refractivity contribution in [3.8, 4) is 0 Å². The molecule has 21 heavy (non-hydrogen) atoms. The maximum Gasteiger partial charge on any atom is 0.335 e. The van der Waals surface area contributed by atoms with Crippen molar-refractivity contribution in [3.05, 3.63) is 41.6 Å². The number of aliphatic imine (C=N–C) groups is 1. The fraction of sp³-hybridized carbons (Fsp3) is 0. The fourth-order valence-corrected chi connectivity index (χ4v) is 2.11. The van der Waals surface area contributed by atoms with E-state index in [1.807, 2.05) is 0 Å². The summed E-state index contributed by atoms with van der Waals surface area (Å²) in [5.74, 6) is -2.47. The minimum absolute atomic E-state index is 0.161. The standard InChI is InChI=1S/C12H10N4O4S/c1-5-9(21-12(13)14-5)16-15-8-3-6(10(17)18)2-7(4-8)11(19)20/h2-4,15H,1H2,(H2,13,14)(H,17,18)(H,19,20)/b16-9+. The van der Waals surface area contributed by atoms with Gasteiger partial charge in [0, 0.05) is 0 Å². The van der Waals surface area contributed by atoms with Crippen molar-refractivity contribution in [2.45, 2.75) is 0 Å². The molecule has 0 fully saturated rings. The number of hydrazone groups is 1. The molecule has 0 aromatic heterocycles. The number of carbonyl (C=O) groups is 2. The predicted octanol–water partition coefficient (Wildman–Crippen LogP) is 1.38. The number of rotatable bonds is 4. The zero-order valence-corrected chi connectivity index (χ0v) is 11.3. The number of hydrogen-bond acceptors (Lipinski definition) is 7. The lowest BCUT2D eigenvalue weighted by molar-refractivity contribution is 0.0696. The van der Waals surface area contributed by atoms with Gasteiger partial charge in [-0.2, -0.15) is 5.10 Å². The average Bonchev–Trinajstić information content (AvgIpc) is 2.74. The Morgan fingerprint density at radius 3 is 2.24 bits per heavy atom. The van der Waals surface area contributed by atoms with Crippen LogP contribution in [0.1, 0.15) is 20.7 Å². The molecule has 0 saturated heterocycles. The van der Waals surface area contributed by atoms with E-state index in [4.69, 9.17) is 15.9 Å². The first-order chi connectivity index (χ1) is 9.86. The fourth-order valence-electron chi connectivity index (χ4n) is 1.50. The summed E-state index contributed by atoms with van der Waals surface area (Å²) >= 11 is 1.10. The lowest BCUT2D eigenvalue weighted by Gasteiger charge is -2.05. The molecule has 1 aliphatic rings. The molecule has 0 amide bonds. The maximum absolute atomic E-state index is 11.0. The van der Waals surface area contributed by atoms with Crippen LogP contribution < -0.4 is 11.2 Å². The summed E-state index contributed by atoms with van der Waals surface area (Å²) in [6.45, 7) is 3.64. The van der Waals surface area contributed by atoms with Gasteiger partial charge < -0.3 is 15.9 Å². The van der Waals surface area contributed by atoms with Crippen LogP contribution in [-0.4, -0.2) is 32.4 Å². The van der Waals surface area contributed by atoms with Gasteiger partial charge in [0.15, 0.2) is 5.17 Å². The first kappa shape index (κ1) is 14.6. The maximum atomic E-state index is 11.0. The molecule has 1 aliphatic heterocycles. The van der Waals surface area contributed by atoms with Crippen molar-refractivity contribution in [2.24, 2.45) is 15.8 Å². The van der Waals surface area contributed by atoms with Gasteiger partial charge >= 0.3 is 11.9 Å². The summed E-state index contributed by atoms with van der Waals surface area (Å²) in [4.78, 5) is 25.8. The molecule has 108 valence electrons. The Kier molecular flexibility index (Phi) is 3.94. The molecule has 0 spiro atoms. The van der Waals surface area contributed by atoms with Gasteiger partial charge in [0.05, 0.1) is 22.5 Å². The summed E-state index contributed by atoms with van der Waals surface area (Å²) in [6, 6.07) is 3.60. The number of nitrogens with zero attached hydrogens (tertiary/aromatic N) is 2. The predicted molar refractivity (Wildman–Crippen MR) is 79.8 cm³/mol. The number of nitrogens with one attached hydrogen (secondary N) is 1. The van der Waals surface area contributed by atoms with Crippen molar-refractivity contribution in [3.63, 3.8) is 0 Å². The summed E-state index contributed by atoms with van der Waals surface area (Å²) in [5.41, 5.74) is 8.35. The quantitative estimate of drug-likeness (QED) is 0.616. The van der Waals surface area contributed by atoms with Crippen LogP contribution in [0.2, 0.25) is 0 Å². The van der Waals surface area contributed by atoms with Crippen LogP contribution >= 0.6 is 11.8 Å². The van der Waals surface area contributed by atoms with Gasteiger partial charge in [-0.25, -0.2) is 14.6 Å². The molecular weight excluding hydrogens is 296 g/mol. The molecule has 1 aromatic rings. The molecule has 0 saturated carbocycles. The third-order valence-corrected chi connectivity index (χ3v) is 3.23. The molecular formula is C12H10N4O4S. The molecule has 0 aliphatic carbocycles. The number of carboxylic acids is 2. The molecule has 0 unspecified atom stereocenters. The number of carboxylic acid groups (broad SMARTS) is 2. The molecule has 0 atom stereocenters. The highest BCUT2D eigenvalue weighted by Crippen LogP contribution is 2.22. The largest absolute Gasteiger partial charge is 0.478 e. The number of hydrogen-bond donors (Lipinski definition) is 4. The van der Waals surface area contributed by atoms with E-state index >= 15 is 0 Å². The van der Waals surface area contributed by atoms with Crippen LogP contribution in [0.4, 0.5) is 5.69 Å². The summed E-state index contributed by atoms with van der Waals surface area (Å²) in [6.07, 6.45) is 0. The Bertz CT molecular complexity index is 679. The van der Waals surface area contributed by atoms with Crippen molar-refractivity contribution < 1.29 is 19.8 Å². The molecule has 5 N–H and O–H groups in total. The average molecular weight is 306 g/mol. The molecule has 9 heteroatoms. The zero-order valence-electron chi connectivity index (χ0n) is 10.5. The van der Waals surface area contributed by atoms with Crippen molar-refractivity contribution in [1.82, 2.24) is 0 Å². The highest BCUT2D eigenvalue weighted by molar-refractivity contribution is 8.27. The SMILES string of the molecule is C=C1N=C(N)S/C1=N/Nc1cc(C(=O)O)cc(C(=O)O)c1. The molecule has 1 aromatic carbocycles. The molecule has 0 bridgehead atoms. The molecule has 1 heterocycles. The normalized spacial score (nSPS) is 15.9. The Labute approximate surface area is 123 Å². The first-order valence-electron chi connectivity index (χ1n) is 5.53. The lowest BCUT2D eigenvalue weighted by atomic mass is 10.1. The van der Waals surface area contributed by atoms with Gasteiger partial charge in [0.1, 0.15) is 5.04 Å². The minimum Gasteiger partial charge on any atom is -0.478 e. The van der Waals surface area contributed by atoms with E-state index < -0.39 is 11.9 Å². The van der Waals surface area contributed by atoms with Gasteiger partial charge in [0.25, 0.3) is 0 Å². The highest BCUT2D eigenvalue weighted by atomic mass is 32.2. The lowest BCUT2D eigenvalue weighted by Crippen LogP contribution is -2.05. The van der Waals surface area contributed by atoms with Crippen molar-refractivity contribution in [2.75, 3.05) is 5.43 Å². The number of amidine groups is 1. The third-order valence-electron chi connectivity index (χ3n) is 2.41. The van der Waals surface area contributed by atoms with E-state index in [2.05, 4.69) is 22.1 Å². The second-order valence-corrected chi connectivity index (χ2v) is 4.95. The second-order valence-electron chi connectivity index (χ2n) is 3.94. The number of nitrogens with two attached hydrogens (primary N) is 1. The van der Waals surface area contributed by atoms with Crippen molar-refractivity contribution in [1.29, 1.82) is 0 Å². The van der Waals surface area contributed by atoms with E-state index in [1.165, 1.54) is 12.1 Å². The number of anilines is 1. The van der Waals surface area contributed by atoms with Gasteiger partial charge in [-0.05, 0) is 30.0 Å². The number of thioether (sulfide) groups is 1. The third kappa shape index (κ3) is 3.39. The van der Waals surface area contributed by atoms with E-state index in [9.17, 15) is 9.59 Å². The van der Waals surface area contributed by atoms with Crippen molar-refractivity contribution >= 4 is 39.6 Å². The Balaban J connectivity index is 2.28. The first-order valence-corrected chi connectivity index (χ1v) is 6.35. The van der Waals surface area contributed by atoms with Gasteiger partial charge in [0.2, 0.25) is 0 Å². The van der Waals surface area contributed by atoms with E-state index in [-0.39, 0.29) is 16.8 Å². The van der Waals surface area contributed by atoms with Crippen LogP contribution in [0.5, 0.6) is 0 Å². The summed E-state index contributed by atoms with van der Waals surface area (Å²) in [5, 5.41) is 22.6. The van der Waals surface area contributed by atoms with Gasteiger partial charge in [-0.3, -0.25) is 5.43 Å². The van der Waals surface area contributed by atoms with E-state index in [0.29, 0.717) is 15.9 Å². The van der Waals surface area contributed by atoms with Gasteiger partial charge in [-0.15, -0.1) is 0 Å². The number of aromatic carboxylic acids is 2. The van der Waals surface area contributed by atoms with E-state index in [0.717, 1.165) is 17.8 Å². The van der Waals surface area contributed by atoms with Gasteiger partial charge in [-0.1, -0.05) is 6.58 Å².